The maximum atomic E-state index is 1.58. The molecule has 0 atom stereocenters. The van der Waals surface area contributed by atoms with Gasteiger partial charge >= 0.3 is 0 Å². The molecular formula is C7H12Mg. The van der Waals surface area contributed by atoms with Crippen molar-refractivity contribution in [3.05, 3.63) is 0 Å². The predicted octanol–water partition coefficient (Wildman–Crippen LogP) is 1.82. The van der Waals surface area contributed by atoms with E-state index in [4.69, 9.17) is 0 Å². The minimum absolute atomic E-state index is 0. The Labute approximate surface area is 67.2 Å². The van der Waals surface area contributed by atoms with Crippen molar-refractivity contribution in [1.29, 1.82) is 0 Å². The molecule has 2 saturated carbocycles. The molecule has 0 amide bonds. The first kappa shape index (κ1) is 6.88. The molecule has 0 aromatic carbocycles. The Balaban J connectivity index is 0.000000320. The van der Waals surface area contributed by atoms with Crippen LogP contribution in [-0.4, -0.2) is 23.1 Å². The highest BCUT2D eigenvalue weighted by molar-refractivity contribution is 5.75. The Morgan fingerprint density at radius 2 is 1.12 bits per heavy atom. The molecule has 0 heterocycles. The van der Waals surface area contributed by atoms with Crippen molar-refractivity contribution in [2.24, 2.45) is 11.8 Å². The summed E-state index contributed by atoms with van der Waals surface area (Å²) in [5, 5.41) is 0. The molecule has 2 aliphatic rings. The average Bonchev–Trinajstić information content (AvgIpc) is 2.22. The van der Waals surface area contributed by atoms with Crippen LogP contribution in [0.2, 0.25) is 0 Å². The summed E-state index contributed by atoms with van der Waals surface area (Å²) in [7, 11) is 0. The second-order valence-corrected chi connectivity index (χ2v) is 3.12. The third-order valence-electron chi connectivity index (χ3n) is 2.63. The number of fused-ring (bicyclic) bond motifs is 2. The summed E-state index contributed by atoms with van der Waals surface area (Å²) in [4.78, 5) is 0. The summed E-state index contributed by atoms with van der Waals surface area (Å²) in [5.41, 5.74) is 0. The normalized spacial score (nSPS) is 42.0. The zero-order valence-electron chi connectivity index (χ0n) is 5.40. The van der Waals surface area contributed by atoms with Crippen LogP contribution in [0.25, 0.3) is 0 Å². The Bertz CT molecular complexity index is 62.5. The minimum Gasteiger partial charge on any atom is -0.0502 e. The summed E-state index contributed by atoms with van der Waals surface area (Å²) < 4.78 is 0. The average molecular weight is 120 g/mol. The molecule has 0 saturated heterocycles. The fraction of sp³-hybridized carbons (Fsp3) is 1.00. The second-order valence-electron chi connectivity index (χ2n) is 3.12. The van der Waals surface area contributed by atoms with E-state index in [2.05, 4.69) is 0 Å². The summed E-state index contributed by atoms with van der Waals surface area (Å²) in [6, 6.07) is 0. The van der Waals surface area contributed by atoms with Gasteiger partial charge in [-0.2, -0.15) is 0 Å². The molecule has 0 nitrogen and oxygen atoms in total. The molecule has 0 aliphatic heterocycles. The van der Waals surface area contributed by atoms with Crippen molar-refractivity contribution < 1.29 is 0 Å². The first-order valence-electron chi connectivity index (χ1n) is 3.45. The lowest BCUT2D eigenvalue weighted by Crippen LogP contribution is -1.90. The van der Waals surface area contributed by atoms with Crippen LogP contribution in [0.1, 0.15) is 32.1 Å². The fourth-order valence-electron chi connectivity index (χ4n) is 2.17. The van der Waals surface area contributed by atoms with E-state index in [-0.39, 0.29) is 23.1 Å². The molecular weight excluding hydrogens is 108 g/mol. The predicted molar refractivity (Wildman–Crippen MR) is 35.8 cm³/mol. The molecule has 0 unspecified atom stereocenters. The third kappa shape index (κ3) is 1.03. The maximum Gasteiger partial charge on any atom is 0 e. The molecule has 2 bridgehead atoms. The molecule has 2 radical (unpaired) electrons. The van der Waals surface area contributed by atoms with E-state index in [0.717, 1.165) is 0 Å². The van der Waals surface area contributed by atoms with Gasteiger partial charge in [0.05, 0.1) is 0 Å². The van der Waals surface area contributed by atoms with Gasteiger partial charge < -0.3 is 0 Å². The first-order chi connectivity index (χ1) is 3.45. The highest BCUT2D eigenvalue weighted by atomic mass is 24.3. The van der Waals surface area contributed by atoms with E-state index in [1.807, 2.05) is 0 Å². The van der Waals surface area contributed by atoms with Crippen LogP contribution in [0.5, 0.6) is 0 Å². The van der Waals surface area contributed by atoms with Crippen LogP contribution in [-0.2, 0) is 0 Å². The number of hydrogen-bond donors (Lipinski definition) is 0. The van der Waals surface area contributed by atoms with Crippen LogP contribution < -0.4 is 0 Å². The molecule has 8 heavy (non-hydrogen) atoms. The van der Waals surface area contributed by atoms with E-state index in [9.17, 15) is 0 Å². The second kappa shape index (κ2) is 2.57. The first-order valence-corrected chi connectivity index (χ1v) is 3.45. The van der Waals surface area contributed by atoms with Gasteiger partial charge in [-0.25, -0.2) is 0 Å². The van der Waals surface area contributed by atoms with Gasteiger partial charge in [0.1, 0.15) is 0 Å². The lowest BCUT2D eigenvalue weighted by molar-refractivity contribution is 0.480. The van der Waals surface area contributed by atoms with Crippen LogP contribution >= 0.6 is 0 Å². The fourth-order valence-corrected chi connectivity index (χ4v) is 2.17. The van der Waals surface area contributed by atoms with Gasteiger partial charge in [0.25, 0.3) is 0 Å². The van der Waals surface area contributed by atoms with E-state index in [1.54, 1.807) is 32.1 Å². The van der Waals surface area contributed by atoms with Crippen molar-refractivity contribution in [2.45, 2.75) is 32.1 Å². The third-order valence-corrected chi connectivity index (χ3v) is 2.63. The van der Waals surface area contributed by atoms with E-state index >= 15 is 0 Å². The quantitative estimate of drug-likeness (QED) is 0.428. The summed E-state index contributed by atoms with van der Waals surface area (Å²) >= 11 is 0. The van der Waals surface area contributed by atoms with Crippen molar-refractivity contribution in [3.63, 3.8) is 0 Å². The van der Waals surface area contributed by atoms with Crippen LogP contribution in [0.15, 0.2) is 0 Å². The zero-order valence-corrected chi connectivity index (χ0v) is 6.81. The largest absolute Gasteiger partial charge is 0.0502 e. The summed E-state index contributed by atoms with van der Waals surface area (Å²) in [6.07, 6.45) is 7.82. The van der Waals surface area contributed by atoms with Crippen molar-refractivity contribution >= 4 is 23.1 Å². The molecule has 42 valence electrons. The molecule has 0 aromatic heterocycles. The van der Waals surface area contributed by atoms with Crippen molar-refractivity contribution in [1.82, 2.24) is 0 Å². The molecule has 2 aliphatic carbocycles. The Morgan fingerprint density at radius 3 is 1.25 bits per heavy atom. The van der Waals surface area contributed by atoms with Gasteiger partial charge in [0.15, 0.2) is 0 Å². The monoisotopic (exact) mass is 120 g/mol. The Morgan fingerprint density at radius 1 is 0.750 bits per heavy atom. The van der Waals surface area contributed by atoms with Gasteiger partial charge in [0.2, 0.25) is 0 Å². The van der Waals surface area contributed by atoms with Crippen LogP contribution in [0.4, 0.5) is 0 Å². The topological polar surface area (TPSA) is 0 Å². The molecule has 1 heteroatoms. The smallest absolute Gasteiger partial charge is 0 e. The standard InChI is InChI=1S/C7H12.Mg/c1-2-7-4-3-6(1)5-7;/h6-7H,1-5H2;. The molecule has 2 fully saturated rings. The number of hydrogen-bond acceptors (Lipinski definition) is 0. The minimum atomic E-state index is 0. The summed E-state index contributed by atoms with van der Waals surface area (Å²) in [5.74, 6) is 2.34. The van der Waals surface area contributed by atoms with Gasteiger partial charge in [-0.1, -0.05) is 25.7 Å². The van der Waals surface area contributed by atoms with Gasteiger partial charge in [0, 0.05) is 23.1 Å². The van der Waals surface area contributed by atoms with Crippen LogP contribution in [0, 0.1) is 11.8 Å². The summed E-state index contributed by atoms with van der Waals surface area (Å²) in [6.45, 7) is 0. The van der Waals surface area contributed by atoms with Gasteiger partial charge in [-0.05, 0) is 18.3 Å². The highest BCUT2D eigenvalue weighted by Crippen LogP contribution is 2.43. The highest BCUT2D eigenvalue weighted by Gasteiger charge is 2.30. The molecule has 0 spiro atoms. The van der Waals surface area contributed by atoms with Gasteiger partial charge in [-0.3, -0.25) is 0 Å². The number of rotatable bonds is 0. The Kier molecular flexibility index (Phi) is 2.21. The van der Waals surface area contributed by atoms with Crippen molar-refractivity contribution in [2.75, 3.05) is 0 Å². The Hall–Kier alpha value is 0.766. The molecule has 0 N–H and O–H groups in total. The lowest BCUT2D eigenvalue weighted by Gasteiger charge is -2.05. The van der Waals surface area contributed by atoms with E-state index in [0.29, 0.717) is 0 Å². The lowest BCUT2D eigenvalue weighted by atomic mass is 10.0. The van der Waals surface area contributed by atoms with Crippen molar-refractivity contribution in [3.8, 4) is 0 Å². The van der Waals surface area contributed by atoms with Crippen LogP contribution in [0.3, 0.4) is 0 Å². The molecule has 2 rings (SSSR count). The molecule has 0 aromatic rings. The SMILES string of the molecule is C1CC2CCC1C2.[Mg]. The zero-order chi connectivity index (χ0) is 4.69. The maximum absolute atomic E-state index is 1.58. The van der Waals surface area contributed by atoms with E-state index < -0.39 is 0 Å². The van der Waals surface area contributed by atoms with Gasteiger partial charge in [-0.15, -0.1) is 0 Å². The van der Waals surface area contributed by atoms with E-state index in [1.165, 1.54) is 11.8 Å².